The van der Waals surface area contributed by atoms with Crippen molar-refractivity contribution in [2.24, 2.45) is 0 Å². The number of pyridine rings is 1. The standard InChI is InChI=1S/C13H15N3O2/c1-18-13(5-2-6-13)7-12(17)16-11-4-3-10(8-14)9-15-11/h3-4,9H,2,5-7H2,1H3,(H,15,16,17). The summed E-state index contributed by atoms with van der Waals surface area (Å²) in [5.74, 6) is 0.360. The van der Waals surface area contributed by atoms with Gasteiger partial charge in [0, 0.05) is 13.3 Å². The van der Waals surface area contributed by atoms with Crippen molar-refractivity contribution in [3.63, 3.8) is 0 Å². The van der Waals surface area contributed by atoms with E-state index in [1.807, 2.05) is 6.07 Å². The van der Waals surface area contributed by atoms with Crippen LogP contribution in [0.5, 0.6) is 0 Å². The SMILES string of the molecule is COC1(CC(=O)Nc2ccc(C#N)cn2)CCC1. The molecule has 1 fully saturated rings. The summed E-state index contributed by atoms with van der Waals surface area (Å²) < 4.78 is 5.39. The minimum atomic E-state index is -0.281. The van der Waals surface area contributed by atoms with E-state index < -0.39 is 0 Å². The Bertz CT molecular complexity index is 466. The Labute approximate surface area is 106 Å². The maximum Gasteiger partial charge on any atom is 0.228 e. The second kappa shape index (κ2) is 5.15. The highest BCUT2D eigenvalue weighted by Crippen LogP contribution is 2.38. The maximum atomic E-state index is 11.8. The van der Waals surface area contributed by atoms with E-state index in [1.165, 1.54) is 6.20 Å². The van der Waals surface area contributed by atoms with E-state index in [9.17, 15) is 4.79 Å². The van der Waals surface area contributed by atoms with Crippen LogP contribution in [0.2, 0.25) is 0 Å². The summed E-state index contributed by atoms with van der Waals surface area (Å²) in [6, 6.07) is 5.22. The number of hydrogen-bond donors (Lipinski definition) is 1. The molecule has 0 bridgehead atoms. The van der Waals surface area contributed by atoms with E-state index in [0.717, 1.165) is 19.3 Å². The third-order valence-corrected chi connectivity index (χ3v) is 3.34. The molecule has 1 aromatic rings. The van der Waals surface area contributed by atoms with E-state index in [-0.39, 0.29) is 11.5 Å². The average molecular weight is 245 g/mol. The van der Waals surface area contributed by atoms with Gasteiger partial charge < -0.3 is 10.1 Å². The average Bonchev–Trinajstić information content (AvgIpc) is 2.35. The summed E-state index contributed by atoms with van der Waals surface area (Å²) in [4.78, 5) is 15.8. The summed E-state index contributed by atoms with van der Waals surface area (Å²) in [5.41, 5.74) is 0.191. The van der Waals surface area contributed by atoms with Gasteiger partial charge in [-0.1, -0.05) is 0 Å². The summed E-state index contributed by atoms with van der Waals surface area (Å²) in [5, 5.41) is 11.4. The lowest BCUT2D eigenvalue weighted by atomic mass is 9.77. The Hall–Kier alpha value is -1.93. The third-order valence-electron chi connectivity index (χ3n) is 3.34. The molecule has 1 aliphatic carbocycles. The van der Waals surface area contributed by atoms with Crippen LogP contribution in [0.3, 0.4) is 0 Å². The lowest BCUT2D eigenvalue weighted by Crippen LogP contribution is -2.42. The zero-order valence-corrected chi connectivity index (χ0v) is 10.3. The minimum Gasteiger partial charge on any atom is -0.378 e. The van der Waals surface area contributed by atoms with Crippen LogP contribution >= 0.6 is 0 Å². The molecule has 0 saturated heterocycles. The molecule has 5 nitrogen and oxygen atoms in total. The van der Waals surface area contributed by atoms with Gasteiger partial charge in [-0.3, -0.25) is 4.79 Å². The first kappa shape index (κ1) is 12.5. The molecule has 0 unspecified atom stereocenters. The topological polar surface area (TPSA) is 75.0 Å². The highest BCUT2D eigenvalue weighted by atomic mass is 16.5. The number of nitriles is 1. The van der Waals surface area contributed by atoms with Gasteiger partial charge >= 0.3 is 0 Å². The van der Waals surface area contributed by atoms with Gasteiger partial charge in [0.15, 0.2) is 0 Å². The van der Waals surface area contributed by atoms with Crippen LogP contribution in [-0.2, 0) is 9.53 Å². The number of rotatable bonds is 4. The van der Waals surface area contributed by atoms with Gasteiger partial charge in [-0.25, -0.2) is 4.98 Å². The van der Waals surface area contributed by atoms with Crippen LogP contribution in [0.1, 0.15) is 31.2 Å². The van der Waals surface area contributed by atoms with Gasteiger partial charge in [-0.05, 0) is 31.4 Å². The van der Waals surface area contributed by atoms with Gasteiger partial charge in [0.05, 0.1) is 17.6 Å². The van der Waals surface area contributed by atoms with E-state index in [4.69, 9.17) is 10.00 Å². The third kappa shape index (κ3) is 2.66. The molecular weight excluding hydrogens is 230 g/mol. The summed E-state index contributed by atoms with van der Waals surface area (Å²) in [7, 11) is 1.65. The number of hydrogen-bond acceptors (Lipinski definition) is 4. The zero-order chi connectivity index (χ0) is 13.0. The van der Waals surface area contributed by atoms with Crippen molar-refractivity contribution in [3.8, 4) is 6.07 Å². The number of methoxy groups -OCH3 is 1. The molecule has 0 atom stereocenters. The summed E-state index contributed by atoms with van der Waals surface area (Å²) >= 11 is 0. The highest BCUT2D eigenvalue weighted by Gasteiger charge is 2.38. The second-order valence-corrected chi connectivity index (χ2v) is 4.51. The molecule has 94 valence electrons. The molecule has 1 aromatic heterocycles. The fraction of sp³-hybridized carbons (Fsp3) is 0.462. The first-order valence-corrected chi connectivity index (χ1v) is 5.89. The highest BCUT2D eigenvalue weighted by molar-refractivity contribution is 5.90. The molecule has 1 N–H and O–H groups in total. The predicted octanol–water partition coefficient (Wildman–Crippen LogP) is 1.85. The molecule has 1 amide bonds. The van der Waals surface area contributed by atoms with Crippen LogP contribution in [0.15, 0.2) is 18.3 Å². The van der Waals surface area contributed by atoms with E-state index >= 15 is 0 Å². The van der Waals surface area contributed by atoms with Crippen LogP contribution < -0.4 is 5.32 Å². The smallest absolute Gasteiger partial charge is 0.228 e. The van der Waals surface area contributed by atoms with Gasteiger partial charge in [-0.2, -0.15) is 5.26 Å². The lowest BCUT2D eigenvalue weighted by Gasteiger charge is -2.39. The number of carbonyl (C=O) groups excluding carboxylic acids is 1. The number of carbonyl (C=O) groups is 1. The van der Waals surface area contributed by atoms with Gasteiger partial charge in [0.2, 0.25) is 5.91 Å². The first-order valence-electron chi connectivity index (χ1n) is 5.89. The van der Waals surface area contributed by atoms with E-state index in [0.29, 0.717) is 17.8 Å². The number of nitrogens with one attached hydrogen (secondary N) is 1. The van der Waals surface area contributed by atoms with Crippen LogP contribution in [0.25, 0.3) is 0 Å². The number of anilines is 1. The summed E-state index contributed by atoms with van der Waals surface area (Å²) in [6.07, 6.45) is 4.75. The maximum absolute atomic E-state index is 11.8. The Morgan fingerprint density at radius 2 is 2.39 bits per heavy atom. The molecule has 5 heteroatoms. The Balaban J connectivity index is 1.92. The van der Waals surface area contributed by atoms with Crippen LogP contribution in [0, 0.1) is 11.3 Å². The zero-order valence-electron chi connectivity index (χ0n) is 10.3. The van der Waals surface area contributed by atoms with Gasteiger partial charge in [0.25, 0.3) is 0 Å². The molecule has 0 aromatic carbocycles. The van der Waals surface area contributed by atoms with Crippen molar-refractivity contribution >= 4 is 11.7 Å². The molecule has 0 aliphatic heterocycles. The Morgan fingerprint density at radius 3 is 2.83 bits per heavy atom. The van der Waals surface area contributed by atoms with Crippen molar-refractivity contribution in [1.29, 1.82) is 5.26 Å². The first-order chi connectivity index (χ1) is 8.67. The molecule has 1 saturated carbocycles. The number of ether oxygens (including phenoxy) is 1. The van der Waals surface area contributed by atoms with Crippen molar-refractivity contribution in [1.82, 2.24) is 4.98 Å². The largest absolute Gasteiger partial charge is 0.378 e. The molecule has 1 aliphatic rings. The van der Waals surface area contributed by atoms with E-state index in [2.05, 4.69) is 10.3 Å². The van der Waals surface area contributed by atoms with Crippen molar-refractivity contribution in [2.75, 3.05) is 12.4 Å². The van der Waals surface area contributed by atoms with Gasteiger partial charge in [-0.15, -0.1) is 0 Å². The number of nitrogens with zero attached hydrogens (tertiary/aromatic N) is 2. The predicted molar refractivity (Wildman–Crippen MR) is 65.8 cm³/mol. The second-order valence-electron chi connectivity index (χ2n) is 4.51. The van der Waals surface area contributed by atoms with Crippen LogP contribution in [-0.4, -0.2) is 23.6 Å². The molecular formula is C13H15N3O2. The Morgan fingerprint density at radius 1 is 1.61 bits per heavy atom. The quantitative estimate of drug-likeness (QED) is 0.878. The molecule has 0 spiro atoms. The molecule has 18 heavy (non-hydrogen) atoms. The van der Waals surface area contributed by atoms with Crippen LogP contribution in [0.4, 0.5) is 5.82 Å². The van der Waals surface area contributed by atoms with Crippen molar-refractivity contribution in [3.05, 3.63) is 23.9 Å². The summed E-state index contributed by atoms with van der Waals surface area (Å²) in [6.45, 7) is 0. The number of amides is 1. The number of aromatic nitrogens is 1. The van der Waals surface area contributed by atoms with Gasteiger partial charge in [0.1, 0.15) is 11.9 Å². The normalized spacial score (nSPS) is 16.4. The minimum absolute atomic E-state index is 0.103. The molecule has 2 rings (SSSR count). The fourth-order valence-corrected chi connectivity index (χ4v) is 2.04. The van der Waals surface area contributed by atoms with Crippen molar-refractivity contribution in [2.45, 2.75) is 31.3 Å². The van der Waals surface area contributed by atoms with Crippen molar-refractivity contribution < 1.29 is 9.53 Å². The fourth-order valence-electron chi connectivity index (χ4n) is 2.04. The molecule has 1 heterocycles. The van der Waals surface area contributed by atoms with E-state index in [1.54, 1.807) is 19.2 Å². The lowest BCUT2D eigenvalue weighted by molar-refractivity contribution is -0.129. The molecule has 0 radical (unpaired) electrons. The monoisotopic (exact) mass is 245 g/mol. The Kier molecular flexibility index (Phi) is 3.58.